The lowest BCUT2D eigenvalue weighted by Gasteiger charge is -2.27. The zero-order valence-corrected chi connectivity index (χ0v) is 44.2. The van der Waals surface area contributed by atoms with Gasteiger partial charge in [-0.05, 0) is 137 Å². The number of aromatic nitrogens is 1. The Morgan fingerprint density at radius 1 is 0.507 bits per heavy atom. The Labute approximate surface area is 436 Å². The molecule has 360 valence electrons. The average Bonchev–Trinajstić information content (AvgIpc) is 4.09. The van der Waals surface area contributed by atoms with Crippen molar-refractivity contribution in [1.29, 1.82) is 0 Å². The molecular formula is C70H64N2S. The molecule has 3 heteroatoms. The quantitative estimate of drug-likeness (QED) is 0.113. The molecule has 0 aliphatic heterocycles. The van der Waals surface area contributed by atoms with Crippen LogP contribution in [0.2, 0.25) is 0 Å². The van der Waals surface area contributed by atoms with Crippen LogP contribution in [0, 0.1) is 0 Å². The first kappa shape index (κ1) is 48.6. The molecule has 0 radical (unpaired) electrons. The Bertz CT molecular complexity index is 3840. The summed E-state index contributed by atoms with van der Waals surface area (Å²) in [6.07, 6.45) is 11.6. The van der Waals surface area contributed by atoms with Crippen LogP contribution in [0.3, 0.4) is 0 Å². The van der Waals surface area contributed by atoms with Gasteiger partial charge in [-0.3, -0.25) is 0 Å². The van der Waals surface area contributed by atoms with E-state index in [1.807, 2.05) is 51.2 Å². The highest BCUT2D eigenvalue weighted by Crippen LogP contribution is 2.52. The standard InChI is InChI=1S/C64H50N2S.C4H8.C2H6/c1-5-15-43(16-6-2)51-22-13-24-56-61-49(20-14-26-58(61)65-63(51)56)45-31-37-53-54-38-36-48(40-60(54)67-59(53)39-45)66(46-32-27-42(28-33-46)41-17-8-7-9-18-41)47-34-29-44(30-35-47)50-21-12-23-55-52-19-10-11-25-57(52)64(3,4)62(50)55;1-3-4-2;1-2/h5,7-40,65H,6H2,1-4H3;3-4H,1-2H3;1-2H3/b15-5-,43-16+;4-3-;. The lowest BCUT2D eigenvalue weighted by Crippen LogP contribution is -2.16. The van der Waals surface area contributed by atoms with Crippen molar-refractivity contribution in [3.8, 4) is 44.5 Å². The Balaban J connectivity index is 0.000000973. The fraction of sp³-hybridized carbons (Fsp3) is 0.143. The molecule has 12 rings (SSSR count). The second-order valence-electron chi connectivity index (χ2n) is 19.0. The van der Waals surface area contributed by atoms with Gasteiger partial charge in [-0.1, -0.05) is 211 Å². The van der Waals surface area contributed by atoms with E-state index in [0.29, 0.717) is 0 Å². The number of fused-ring (bicyclic) bond motifs is 9. The van der Waals surface area contributed by atoms with Crippen molar-refractivity contribution in [2.45, 2.75) is 67.2 Å². The van der Waals surface area contributed by atoms with Crippen LogP contribution in [0.4, 0.5) is 17.1 Å². The molecule has 0 amide bonds. The maximum atomic E-state index is 3.82. The number of aromatic amines is 1. The van der Waals surface area contributed by atoms with Gasteiger partial charge >= 0.3 is 0 Å². The van der Waals surface area contributed by atoms with E-state index >= 15 is 0 Å². The van der Waals surface area contributed by atoms with Crippen molar-refractivity contribution in [2.75, 3.05) is 4.90 Å². The summed E-state index contributed by atoms with van der Waals surface area (Å²) in [5.41, 5.74) is 21.0. The average molecular weight is 965 g/mol. The molecule has 0 bridgehead atoms. The van der Waals surface area contributed by atoms with Crippen LogP contribution >= 0.6 is 11.3 Å². The van der Waals surface area contributed by atoms with Crippen LogP contribution in [0.25, 0.3) is 92.1 Å². The molecule has 11 aromatic rings. The minimum absolute atomic E-state index is 0.0931. The third-order valence-electron chi connectivity index (χ3n) is 14.3. The van der Waals surface area contributed by atoms with Gasteiger partial charge < -0.3 is 9.88 Å². The highest BCUT2D eigenvalue weighted by Gasteiger charge is 2.37. The zero-order valence-electron chi connectivity index (χ0n) is 43.4. The molecule has 73 heavy (non-hydrogen) atoms. The first-order valence-corrected chi connectivity index (χ1v) is 26.8. The predicted molar refractivity (Wildman–Crippen MR) is 322 cm³/mol. The number of para-hydroxylation sites is 1. The minimum atomic E-state index is -0.0931. The number of allylic oxidation sites excluding steroid dienone is 6. The molecule has 0 atom stereocenters. The molecule has 0 saturated carbocycles. The third kappa shape index (κ3) is 8.93. The molecule has 1 aliphatic carbocycles. The zero-order chi connectivity index (χ0) is 50.6. The maximum Gasteiger partial charge on any atom is 0.0544 e. The summed E-state index contributed by atoms with van der Waals surface area (Å²) in [7, 11) is 0. The summed E-state index contributed by atoms with van der Waals surface area (Å²) in [5, 5.41) is 5.08. The molecular weight excluding hydrogens is 901 g/mol. The largest absolute Gasteiger partial charge is 0.354 e. The Morgan fingerprint density at radius 2 is 1.08 bits per heavy atom. The highest BCUT2D eigenvalue weighted by molar-refractivity contribution is 7.25. The van der Waals surface area contributed by atoms with E-state index in [0.717, 1.165) is 29.0 Å². The summed E-state index contributed by atoms with van der Waals surface area (Å²) < 4.78 is 2.55. The molecule has 1 N–H and O–H groups in total. The van der Waals surface area contributed by atoms with E-state index in [1.54, 1.807) is 0 Å². The first-order chi connectivity index (χ1) is 35.8. The highest BCUT2D eigenvalue weighted by atomic mass is 32.1. The molecule has 0 fully saturated rings. The number of anilines is 3. The number of nitrogens with zero attached hydrogens (tertiary/aromatic N) is 1. The summed E-state index contributed by atoms with van der Waals surface area (Å²) in [6.45, 7) is 17.0. The van der Waals surface area contributed by atoms with Gasteiger partial charge in [-0.25, -0.2) is 0 Å². The van der Waals surface area contributed by atoms with Crippen molar-refractivity contribution in [3.05, 3.63) is 241 Å². The summed E-state index contributed by atoms with van der Waals surface area (Å²) >= 11 is 1.88. The van der Waals surface area contributed by atoms with Gasteiger partial charge in [0.15, 0.2) is 0 Å². The maximum absolute atomic E-state index is 3.82. The van der Waals surface area contributed by atoms with E-state index < -0.39 is 0 Å². The fourth-order valence-electron chi connectivity index (χ4n) is 11.0. The van der Waals surface area contributed by atoms with Crippen LogP contribution in [0.5, 0.6) is 0 Å². The number of hydrogen-bond donors (Lipinski definition) is 1. The van der Waals surface area contributed by atoms with E-state index in [4.69, 9.17) is 0 Å². The lowest BCUT2D eigenvalue weighted by molar-refractivity contribution is 0.662. The number of benzene rings is 9. The molecule has 0 unspecified atom stereocenters. The van der Waals surface area contributed by atoms with E-state index in [2.05, 4.69) is 250 Å². The summed E-state index contributed by atoms with van der Waals surface area (Å²) in [5.74, 6) is 0. The van der Waals surface area contributed by atoms with E-state index in [9.17, 15) is 0 Å². The van der Waals surface area contributed by atoms with Crippen molar-refractivity contribution in [1.82, 2.24) is 4.98 Å². The molecule has 2 heterocycles. The second-order valence-corrected chi connectivity index (χ2v) is 20.1. The van der Waals surface area contributed by atoms with Crippen LogP contribution in [-0.2, 0) is 5.41 Å². The van der Waals surface area contributed by atoms with Crippen LogP contribution < -0.4 is 4.90 Å². The van der Waals surface area contributed by atoms with Crippen molar-refractivity contribution in [2.24, 2.45) is 0 Å². The number of nitrogens with one attached hydrogen (secondary N) is 1. The molecule has 0 saturated heterocycles. The Hall–Kier alpha value is -7.98. The molecule has 9 aromatic carbocycles. The monoisotopic (exact) mass is 964 g/mol. The first-order valence-electron chi connectivity index (χ1n) is 26.0. The molecule has 2 aromatic heterocycles. The van der Waals surface area contributed by atoms with E-state index in [-0.39, 0.29) is 5.41 Å². The van der Waals surface area contributed by atoms with Gasteiger partial charge in [0.25, 0.3) is 0 Å². The van der Waals surface area contributed by atoms with Gasteiger partial charge in [-0.15, -0.1) is 11.3 Å². The third-order valence-corrected chi connectivity index (χ3v) is 15.5. The fourth-order valence-corrected chi connectivity index (χ4v) is 12.1. The van der Waals surface area contributed by atoms with Gasteiger partial charge in [-0.2, -0.15) is 0 Å². The number of thiophene rings is 1. The summed E-state index contributed by atoms with van der Waals surface area (Å²) in [6, 6.07) is 72.0. The second kappa shape index (κ2) is 21.0. The molecule has 1 aliphatic rings. The number of hydrogen-bond acceptors (Lipinski definition) is 2. The number of rotatable bonds is 9. The van der Waals surface area contributed by atoms with Crippen molar-refractivity contribution < 1.29 is 0 Å². The predicted octanol–water partition coefficient (Wildman–Crippen LogP) is 21.4. The Morgan fingerprint density at radius 3 is 1.79 bits per heavy atom. The van der Waals surface area contributed by atoms with Crippen molar-refractivity contribution >= 4 is 76.0 Å². The Kier molecular flexibility index (Phi) is 14.0. The summed E-state index contributed by atoms with van der Waals surface area (Å²) in [4.78, 5) is 6.23. The lowest BCUT2D eigenvalue weighted by atomic mass is 9.79. The van der Waals surface area contributed by atoms with Gasteiger partial charge in [0.1, 0.15) is 0 Å². The van der Waals surface area contributed by atoms with Gasteiger partial charge in [0, 0.05) is 64.5 Å². The number of H-pyrrole nitrogens is 1. The molecule has 2 nitrogen and oxygen atoms in total. The van der Waals surface area contributed by atoms with Crippen LogP contribution in [0.1, 0.15) is 78.5 Å². The van der Waals surface area contributed by atoms with Crippen LogP contribution in [-0.4, -0.2) is 4.98 Å². The van der Waals surface area contributed by atoms with Crippen LogP contribution in [0.15, 0.2) is 225 Å². The van der Waals surface area contributed by atoms with Gasteiger partial charge in [0.2, 0.25) is 0 Å². The SMILES string of the molecule is C/C=C\C.C/C=C\C(=C/CC)c1cccc2c1[nH]c1cccc(-c3ccc4c(c3)sc3cc(N(c5ccc(-c6ccccc6)cc5)c5ccc(-c6cccc7c6C(C)(C)c6ccccc6-7)cc5)ccc34)c12.CC. The van der Waals surface area contributed by atoms with Crippen molar-refractivity contribution in [3.63, 3.8) is 0 Å². The minimum Gasteiger partial charge on any atom is -0.354 e. The smallest absolute Gasteiger partial charge is 0.0544 e. The topological polar surface area (TPSA) is 19.0 Å². The van der Waals surface area contributed by atoms with Gasteiger partial charge in [0.05, 0.1) is 5.52 Å². The normalized spacial score (nSPS) is 12.8. The van der Waals surface area contributed by atoms with E-state index in [1.165, 1.54) is 103 Å². The molecule has 0 spiro atoms.